The number of rotatable bonds is 7. The number of methoxy groups -OCH3 is 1. The van der Waals surface area contributed by atoms with Gasteiger partial charge in [0, 0.05) is 12.6 Å². The molecule has 0 spiro atoms. The van der Waals surface area contributed by atoms with Gasteiger partial charge in [0.15, 0.2) is 0 Å². The van der Waals surface area contributed by atoms with E-state index in [4.69, 9.17) is 4.74 Å². The summed E-state index contributed by atoms with van der Waals surface area (Å²) in [6.45, 7) is -0.0151. The van der Waals surface area contributed by atoms with Crippen LogP contribution in [0.2, 0.25) is 0 Å². The molecule has 1 unspecified atom stereocenters. The van der Waals surface area contributed by atoms with Gasteiger partial charge in [0.25, 0.3) is 0 Å². The van der Waals surface area contributed by atoms with Crippen LogP contribution in [0.25, 0.3) is 0 Å². The van der Waals surface area contributed by atoms with Gasteiger partial charge in [-0.05, 0) is 50.0 Å². The van der Waals surface area contributed by atoms with Crippen molar-refractivity contribution in [1.82, 2.24) is 9.62 Å². The highest BCUT2D eigenvalue weighted by Crippen LogP contribution is 2.30. The number of hydrogen-bond donors (Lipinski definition) is 1. The maximum absolute atomic E-state index is 12.8. The van der Waals surface area contributed by atoms with Crippen LogP contribution in [0.4, 0.5) is 13.2 Å². The Kier molecular flexibility index (Phi) is 6.50. The molecule has 0 amide bonds. The predicted octanol–water partition coefficient (Wildman–Crippen LogP) is 3.30. The summed E-state index contributed by atoms with van der Waals surface area (Å²) in [6, 6.07) is 10.5. The van der Waals surface area contributed by atoms with Crippen molar-refractivity contribution in [2.24, 2.45) is 0 Å². The number of ether oxygens (including phenoxy) is 1. The summed E-state index contributed by atoms with van der Waals surface area (Å²) in [7, 11) is 0.986. The first kappa shape index (κ1) is 21.2. The fraction of sp³-hybridized carbons (Fsp3) is 0.333. The van der Waals surface area contributed by atoms with Crippen LogP contribution < -0.4 is 9.46 Å². The van der Waals surface area contributed by atoms with Gasteiger partial charge in [-0.2, -0.15) is 13.2 Å². The zero-order chi connectivity index (χ0) is 20.2. The van der Waals surface area contributed by atoms with Crippen molar-refractivity contribution in [2.75, 3.05) is 27.7 Å². The van der Waals surface area contributed by atoms with Gasteiger partial charge in [-0.3, -0.25) is 0 Å². The first-order chi connectivity index (χ1) is 12.5. The normalized spacial score (nSPS) is 13.6. The van der Waals surface area contributed by atoms with Crippen LogP contribution in [-0.4, -0.2) is 41.1 Å². The van der Waals surface area contributed by atoms with E-state index in [0.29, 0.717) is 11.8 Å². The Morgan fingerprint density at radius 1 is 1.11 bits per heavy atom. The molecule has 0 saturated heterocycles. The molecule has 148 valence electrons. The lowest BCUT2D eigenvalue weighted by Crippen LogP contribution is -2.34. The van der Waals surface area contributed by atoms with E-state index in [0.717, 1.165) is 23.8 Å². The molecule has 1 atom stereocenters. The van der Waals surface area contributed by atoms with E-state index in [-0.39, 0.29) is 12.6 Å². The molecule has 9 heteroatoms. The van der Waals surface area contributed by atoms with Crippen molar-refractivity contribution in [3.05, 3.63) is 59.7 Å². The first-order valence-corrected chi connectivity index (χ1v) is 9.50. The second-order valence-corrected chi connectivity index (χ2v) is 7.90. The molecule has 0 aliphatic carbocycles. The molecule has 0 heterocycles. The first-order valence-electron chi connectivity index (χ1n) is 8.02. The van der Waals surface area contributed by atoms with Crippen LogP contribution in [0, 0.1) is 0 Å². The summed E-state index contributed by atoms with van der Waals surface area (Å²) in [5.41, 5.74) is -0.201. The van der Waals surface area contributed by atoms with E-state index in [1.54, 1.807) is 32.3 Å². The van der Waals surface area contributed by atoms with Crippen LogP contribution in [-0.2, 0) is 16.2 Å². The van der Waals surface area contributed by atoms with Gasteiger partial charge in [-0.25, -0.2) is 13.1 Å². The third-order valence-corrected chi connectivity index (χ3v) is 5.46. The largest absolute Gasteiger partial charge is 0.497 e. The number of alkyl halides is 3. The highest BCUT2D eigenvalue weighted by atomic mass is 32.2. The third kappa shape index (κ3) is 5.44. The SMILES string of the molecule is COc1cccc(C(CNS(=O)(=O)c2cccc(C(F)(F)F)c2)N(C)C)c1. The summed E-state index contributed by atoms with van der Waals surface area (Å²) in [5.74, 6) is 0.625. The van der Waals surface area contributed by atoms with Crippen molar-refractivity contribution < 1.29 is 26.3 Å². The van der Waals surface area contributed by atoms with Crippen LogP contribution in [0.5, 0.6) is 5.75 Å². The molecule has 0 radical (unpaired) electrons. The molecular weight excluding hydrogens is 381 g/mol. The monoisotopic (exact) mass is 402 g/mol. The van der Waals surface area contributed by atoms with Crippen molar-refractivity contribution in [2.45, 2.75) is 17.1 Å². The molecule has 1 N–H and O–H groups in total. The number of halogens is 3. The average molecular weight is 402 g/mol. The Morgan fingerprint density at radius 3 is 2.37 bits per heavy atom. The van der Waals surface area contributed by atoms with Crippen molar-refractivity contribution in [3.63, 3.8) is 0 Å². The fourth-order valence-electron chi connectivity index (χ4n) is 2.56. The van der Waals surface area contributed by atoms with Crippen molar-refractivity contribution in [3.8, 4) is 5.75 Å². The molecule has 27 heavy (non-hydrogen) atoms. The van der Waals surface area contributed by atoms with E-state index in [1.165, 1.54) is 7.11 Å². The summed E-state index contributed by atoms with van der Waals surface area (Å²) in [6.07, 6.45) is -4.61. The minimum Gasteiger partial charge on any atom is -0.497 e. The highest BCUT2D eigenvalue weighted by Gasteiger charge is 2.31. The van der Waals surface area contributed by atoms with Crippen molar-refractivity contribution in [1.29, 1.82) is 0 Å². The van der Waals surface area contributed by atoms with Crippen LogP contribution in [0.3, 0.4) is 0 Å². The maximum Gasteiger partial charge on any atom is 0.416 e. The Labute approximate surface area is 156 Å². The fourth-order valence-corrected chi connectivity index (χ4v) is 3.64. The van der Waals surface area contributed by atoms with Crippen LogP contribution >= 0.6 is 0 Å². The minimum absolute atomic E-state index is 0.0151. The highest BCUT2D eigenvalue weighted by molar-refractivity contribution is 7.89. The van der Waals surface area contributed by atoms with Crippen molar-refractivity contribution >= 4 is 10.0 Å². The van der Waals surface area contributed by atoms with E-state index in [9.17, 15) is 21.6 Å². The number of nitrogens with zero attached hydrogens (tertiary/aromatic N) is 1. The molecule has 0 aliphatic heterocycles. The number of benzene rings is 2. The van der Waals surface area contributed by atoms with E-state index in [1.807, 2.05) is 11.0 Å². The summed E-state index contributed by atoms with van der Waals surface area (Å²) in [4.78, 5) is 1.38. The predicted molar refractivity (Wildman–Crippen MR) is 96.1 cm³/mol. The topological polar surface area (TPSA) is 58.6 Å². The smallest absolute Gasteiger partial charge is 0.416 e. The Morgan fingerprint density at radius 2 is 1.78 bits per heavy atom. The van der Waals surface area contributed by atoms with Gasteiger partial charge in [0.05, 0.1) is 17.6 Å². The number of sulfonamides is 1. The molecule has 5 nitrogen and oxygen atoms in total. The average Bonchev–Trinajstić information content (AvgIpc) is 2.61. The zero-order valence-corrected chi connectivity index (χ0v) is 15.9. The van der Waals surface area contributed by atoms with E-state index < -0.39 is 26.7 Å². The molecule has 0 fully saturated rings. The van der Waals surface area contributed by atoms with Gasteiger partial charge in [-0.1, -0.05) is 18.2 Å². The lowest BCUT2D eigenvalue weighted by Gasteiger charge is -2.25. The number of nitrogens with one attached hydrogen (secondary N) is 1. The minimum atomic E-state index is -4.61. The molecular formula is C18H21F3N2O3S. The Balaban J connectivity index is 2.23. The van der Waals surface area contributed by atoms with Gasteiger partial charge in [0.1, 0.15) is 5.75 Å². The van der Waals surface area contributed by atoms with E-state index >= 15 is 0 Å². The second kappa shape index (κ2) is 8.28. The standard InChI is InChI=1S/C18H21F3N2O3S/c1-23(2)17(13-6-4-8-15(10-13)26-3)12-22-27(24,25)16-9-5-7-14(11-16)18(19,20)21/h4-11,17,22H,12H2,1-3H3. The van der Waals surface area contributed by atoms with Gasteiger partial charge in [-0.15, -0.1) is 0 Å². The van der Waals surface area contributed by atoms with Crippen LogP contribution in [0.1, 0.15) is 17.2 Å². The maximum atomic E-state index is 12.8. The lowest BCUT2D eigenvalue weighted by atomic mass is 10.1. The molecule has 0 aromatic heterocycles. The zero-order valence-electron chi connectivity index (χ0n) is 15.1. The van der Waals surface area contributed by atoms with Crippen LogP contribution in [0.15, 0.2) is 53.4 Å². The summed E-state index contributed by atoms with van der Waals surface area (Å²) >= 11 is 0. The lowest BCUT2D eigenvalue weighted by molar-refractivity contribution is -0.137. The second-order valence-electron chi connectivity index (χ2n) is 6.13. The molecule has 0 aliphatic rings. The Hall–Kier alpha value is -2.10. The third-order valence-electron chi connectivity index (χ3n) is 4.04. The molecule has 2 rings (SSSR count). The number of hydrogen-bond acceptors (Lipinski definition) is 4. The molecule has 2 aromatic rings. The quantitative estimate of drug-likeness (QED) is 0.772. The van der Waals surface area contributed by atoms with Gasteiger partial charge >= 0.3 is 6.18 Å². The summed E-state index contributed by atoms with van der Waals surface area (Å²) in [5, 5.41) is 0. The number of likely N-dealkylation sites (N-methyl/N-ethyl adjacent to an activating group) is 1. The molecule has 0 saturated carbocycles. The van der Waals surface area contributed by atoms with E-state index in [2.05, 4.69) is 4.72 Å². The van der Waals surface area contributed by atoms with Gasteiger partial charge < -0.3 is 9.64 Å². The summed E-state index contributed by atoms with van der Waals surface area (Å²) < 4.78 is 71.0. The Bertz CT molecular complexity index is 883. The van der Waals surface area contributed by atoms with Gasteiger partial charge in [0.2, 0.25) is 10.0 Å². The molecule has 0 bridgehead atoms. The molecule has 2 aromatic carbocycles.